The van der Waals surface area contributed by atoms with Crippen molar-refractivity contribution in [2.24, 2.45) is 11.1 Å². The van der Waals surface area contributed by atoms with Crippen LogP contribution in [0.1, 0.15) is 57.8 Å². The Kier molecular flexibility index (Phi) is 16.9. The number of fused-ring (bicyclic) bond motifs is 2. The van der Waals surface area contributed by atoms with Gasteiger partial charge in [-0.3, -0.25) is 19.2 Å². The van der Waals surface area contributed by atoms with E-state index in [0.29, 0.717) is 53.7 Å². The van der Waals surface area contributed by atoms with Gasteiger partial charge in [0.05, 0.1) is 39.9 Å². The van der Waals surface area contributed by atoms with Crippen LogP contribution in [0, 0.1) is 18.2 Å². The fourth-order valence-corrected chi connectivity index (χ4v) is 10.7. The Morgan fingerprint density at radius 1 is 1.00 bits per heavy atom. The summed E-state index contributed by atoms with van der Waals surface area (Å²) in [6, 6.07) is 16.7. The largest absolute Gasteiger partial charge is 0.508 e. The fraction of sp³-hybridized carbons (Fsp3) is 0.407. The van der Waals surface area contributed by atoms with E-state index >= 15 is 4.39 Å². The number of thiazole rings is 1. The first-order valence-electron chi connectivity index (χ1n) is 25.0. The van der Waals surface area contributed by atoms with Gasteiger partial charge in [0, 0.05) is 76.7 Å². The molecule has 2 fully saturated rings. The van der Waals surface area contributed by atoms with Crippen LogP contribution in [0.25, 0.3) is 43.2 Å². The van der Waals surface area contributed by atoms with Gasteiger partial charge < -0.3 is 56.2 Å². The van der Waals surface area contributed by atoms with E-state index in [2.05, 4.69) is 25.9 Å². The molecule has 0 spiro atoms. The summed E-state index contributed by atoms with van der Waals surface area (Å²) in [4.78, 5) is 87.3. The number of nitrogens with one attached hydrogen (secondary N) is 3. The molecule has 76 heavy (non-hydrogen) atoms. The summed E-state index contributed by atoms with van der Waals surface area (Å²) in [5.74, 6) is -2.20. The third-order valence-electron chi connectivity index (χ3n) is 13.8. The normalized spacial score (nSPS) is 16.7. The first-order chi connectivity index (χ1) is 36.2. The number of aliphatic hydroxyl groups is 1. The number of carbonyl (C=O) groups is 5. The van der Waals surface area contributed by atoms with Crippen LogP contribution in [-0.2, 0) is 23.9 Å². The lowest BCUT2D eigenvalue weighted by molar-refractivity contribution is -0.144. The maximum Gasteiger partial charge on any atom is 0.314 e. The van der Waals surface area contributed by atoms with Gasteiger partial charge in [-0.15, -0.1) is 11.3 Å². The van der Waals surface area contributed by atoms with Crippen molar-refractivity contribution in [2.75, 3.05) is 76.3 Å². The second-order valence-corrected chi connectivity index (χ2v) is 21.5. The quantitative estimate of drug-likeness (QED) is 0.0556. The van der Waals surface area contributed by atoms with Crippen LogP contribution < -0.4 is 26.6 Å². The van der Waals surface area contributed by atoms with Gasteiger partial charge in [-0.1, -0.05) is 80.9 Å². The highest BCUT2D eigenvalue weighted by Crippen LogP contribution is 2.42. The van der Waals surface area contributed by atoms with Crippen molar-refractivity contribution >= 4 is 86.0 Å². The number of phenols is 1. The second-order valence-electron chi connectivity index (χ2n) is 20.3. The van der Waals surface area contributed by atoms with Gasteiger partial charge in [0.1, 0.15) is 35.8 Å². The van der Waals surface area contributed by atoms with E-state index < -0.39 is 65.8 Å². The Balaban J connectivity index is 0.857. The van der Waals surface area contributed by atoms with Crippen LogP contribution in [0.2, 0.25) is 5.02 Å². The third-order valence-corrected chi connectivity index (χ3v) is 15.1. The zero-order valence-electron chi connectivity index (χ0n) is 43.2. The maximum absolute atomic E-state index is 17.0. The van der Waals surface area contributed by atoms with E-state index in [4.69, 9.17) is 27.1 Å². The number of aromatic hydroxyl groups is 1. The highest BCUT2D eigenvalue weighted by atomic mass is 35.5. The molecule has 6 amide bonds. The van der Waals surface area contributed by atoms with Gasteiger partial charge in [0.25, 0.3) is 0 Å². The molecule has 8 rings (SSSR count). The van der Waals surface area contributed by atoms with Crippen molar-refractivity contribution in [3.05, 3.63) is 94.3 Å². The van der Waals surface area contributed by atoms with Crippen molar-refractivity contribution in [3.63, 3.8) is 0 Å². The molecular formula is C54H63ClFN11O8S. The molecule has 7 N–H and O–H groups in total. The van der Waals surface area contributed by atoms with Crippen molar-refractivity contribution in [3.8, 4) is 27.3 Å². The number of piperazine rings is 1. The van der Waals surface area contributed by atoms with Gasteiger partial charge in [0.2, 0.25) is 29.6 Å². The van der Waals surface area contributed by atoms with Gasteiger partial charge >= 0.3 is 6.03 Å². The summed E-state index contributed by atoms with van der Waals surface area (Å²) >= 11 is 8.41. The Bertz CT molecular complexity index is 3150. The lowest BCUT2D eigenvalue weighted by atomic mass is 9.85. The average molecular weight is 1080 g/mol. The number of phenolic OH excluding ortho intramolecular Hbond substituents is 1. The lowest BCUT2D eigenvalue weighted by Crippen LogP contribution is -2.58. The number of urea groups is 1. The Morgan fingerprint density at radius 2 is 1.72 bits per heavy atom. The second kappa shape index (κ2) is 23.4. The summed E-state index contributed by atoms with van der Waals surface area (Å²) in [7, 11) is 1.58. The van der Waals surface area contributed by atoms with Crippen molar-refractivity contribution < 1.29 is 43.3 Å². The van der Waals surface area contributed by atoms with Crippen molar-refractivity contribution in [2.45, 2.75) is 71.7 Å². The first kappa shape index (κ1) is 55.0. The van der Waals surface area contributed by atoms with Crippen LogP contribution in [-0.4, -0.2) is 154 Å². The van der Waals surface area contributed by atoms with E-state index in [-0.39, 0.29) is 72.8 Å². The zero-order chi connectivity index (χ0) is 54.6. The van der Waals surface area contributed by atoms with Gasteiger partial charge in [-0.2, -0.15) is 4.98 Å². The number of rotatable bonds is 17. The van der Waals surface area contributed by atoms with E-state index in [1.807, 2.05) is 55.1 Å². The van der Waals surface area contributed by atoms with Gasteiger partial charge in [0.15, 0.2) is 5.82 Å². The number of aryl methyl sites for hydroxylation is 1. The molecule has 6 aromatic rings. The third kappa shape index (κ3) is 12.4. The van der Waals surface area contributed by atoms with E-state index in [1.54, 1.807) is 68.9 Å². The molecule has 22 heteroatoms. The molecule has 0 bridgehead atoms. The van der Waals surface area contributed by atoms with Crippen LogP contribution in [0.15, 0.2) is 72.2 Å². The standard InChI is InChI=1S/C54H63ClFN11O8S/c1-30(32-11-13-33(14-12-32)47-31(2)59-29-76-47)60-50(72)41-25-36(69)27-67(41)51(73)48(54(3,4)5)61-42(70)28-75-22-21-64(6)43(71)15-16-58-53-62-46-39(49(63-53)65-17-19-66(20-18-65)52(57)74)26-40(55)44(45(46)56)38-24-35(68)23-34-9-7-8-10-37(34)38/h7-14,23-24,26,29-30,36,41,48,68-69H,15-22,25,27-28H2,1-6H3,(H2,57,74)(H,60,72)(H,61,70)(H,58,62,63)/t30-,36+,41-,48+/m0/s1. The molecular weight excluding hydrogens is 1020 g/mol. The average Bonchev–Trinajstić information content (AvgIpc) is 4.02. The number of nitrogens with two attached hydrogens (primary N) is 1. The summed E-state index contributed by atoms with van der Waals surface area (Å²) in [5.41, 5.74) is 9.74. The number of nitrogens with zero attached hydrogens (tertiary/aromatic N) is 7. The van der Waals surface area contributed by atoms with Crippen molar-refractivity contribution in [1.29, 1.82) is 0 Å². The highest BCUT2D eigenvalue weighted by molar-refractivity contribution is 7.13. The SMILES string of the molecule is Cc1ncsc1-c1ccc([C@H](C)NC(=O)[C@@H]2C[C@@H](O)CN2C(=O)[C@@H](NC(=O)COCCN(C)C(=O)CCNc2nc(N3CCN(C(N)=O)CC3)c3cc(Cl)c(-c4cc(O)cc5ccccc45)c(F)c3n2)C(C)(C)C)cc1. The number of aliphatic hydroxyl groups excluding tert-OH is 1. The molecule has 4 aromatic carbocycles. The smallest absolute Gasteiger partial charge is 0.314 e. The molecule has 402 valence electrons. The summed E-state index contributed by atoms with van der Waals surface area (Å²) in [6.45, 7) is 10.1. The minimum absolute atomic E-state index is 0.0115. The lowest BCUT2D eigenvalue weighted by Gasteiger charge is -2.35. The summed E-state index contributed by atoms with van der Waals surface area (Å²) < 4.78 is 22.7. The number of primary amides is 1. The van der Waals surface area contributed by atoms with Crippen LogP contribution in [0.4, 0.5) is 21.0 Å². The number of halogens is 2. The van der Waals surface area contributed by atoms with Crippen molar-refractivity contribution in [1.82, 2.24) is 40.3 Å². The molecule has 4 atom stereocenters. The molecule has 0 radical (unpaired) electrons. The number of β-amino-alcohol motifs (C(OH)–C–C–N with tert-alkyl or cyclic N) is 1. The van der Waals surface area contributed by atoms with Crippen LogP contribution in [0.3, 0.4) is 0 Å². The maximum atomic E-state index is 17.0. The minimum atomic E-state index is -1.06. The molecule has 0 saturated carbocycles. The first-order valence-corrected chi connectivity index (χ1v) is 26.3. The number of likely N-dealkylation sites (N-methyl/N-ethyl adjacent to an activating group) is 1. The van der Waals surface area contributed by atoms with E-state index in [1.165, 1.54) is 20.8 Å². The minimum Gasteiger partial charge on any atom is -0.508 e. The summed E-state index contributed by atoms with van der Waals surface area (Å²) in [5, 5.41) is 31.9. The zero-order valence-corrected chi connectivity index (χ0v) is 44.8. The van der Waals surface area contributed by atoms with Crippen LogP contribution >= 0.6 is 22.9 Å². The van der Waals surface area contributed by atoms with Gasteiger partial charge in [-0.25, -0.2) is 19.2 Å². The topological polar surface area (TPSA) is 249 Å². The Labute approximate surface area is 448 Å². The molecule has 2 aliphatic heterocycles. The highest BCUT2D eigenvalue weighted by Gasteiger charge is 2.45. The molecule has 2 aromatic heterocycles. The molecule has 0 aliphatic carbocycles. The number of carbonyl (C=O) groups excluding carboxylic acids is 5. The number of ether oxygens (including phenoxy) is 1. The molecule has 2 aliphatic rings. The monoisotopic (exact) mass is 1080 g/mol. The predicted molar refractivity (Wildman–Crippen MR) is 290 cm³/mol. The molecule has 2 saturated heterocycles. The Morgan fingerprint density at radius 3 is 2.41 bits per heavy atom. The molecule has 0 unspecified atom stereocenters. The fourth-order valence-electron chi connectivity index (χ4n) is 9.57. The number of hydrogen-bond donors (Lipinski definition) is 6. The number of anilines is 2. The van der Waals surface area contributed by atoms with E-state index in [9.17, 15) is 34.2 Å². The van der Waals surface area contributed by atoms with Gasteiger partial charge in [-0.05, 0) is 64.9 Å². The predicted octanol–water partition coefficient (Wildman–Crippen LogP) is 6.23. The van der Waals surface area contributed by atoms with E-state index in [0.717, 1.165) is 21.7 Å². The Hall–Kier alpha value is -7.20. The number of likely N-dealkylation sites (tertiary alicyclic amines) is 1. The number of aromatic nitrogens is 3. The number of benzene rings is 4. The van der Waals surface area contributed by atoms with Crippen LogP contribution in [0.5, 0.6) is 5.75 Å². The molecule has 4 heterocycles. The summed E-state index contributed by atoms with van der Waals surface area (Å²) in [6.07, 6.45) is -0.917. The number of amides is 6. The molecule has 19 nitrogen and oxygen atoms in total. The number of hydrogen-bond acceptors (Lipinski definition) is 14.